The number of benzene rings is 2. The van der Waals surface area contributed by atoms with Gasteiger partial charge in [-0.25, -0.2) is 0 Å². The van der Waals surface area contributed by atoms with Gasteiger partial charge in [0.25, 0.3) is 5.91 Å². The zero-order valence-corrected chi connectivity index (χ0v) is 15.6. The minimum atomic E-state index is -0.210. The van der Waals surface area contributed by atoms with E-state index in [4.69, 9.17) is 33.3 Å². The Hall–Kier alpha value is -2.02. The maximum Gasteiger partial charge on any atom is 0.263 e. The van der Waals surface area contributed by atoms with Crippen LogP contribution in [0, 0.1) is 0 Å². The normalized spacial score (nSPS) is 15.4. The summed E-state index contributed by atoms with van der Waals surface area (Å²) in [5, 5.41) is 3.25. The number of hydrogen-bond acceptors (Lipinski definition) is 5. The summed E-state index contributed by atoms with van der Waals surface area (Å²) in [6.07, 6.45) is 1.75. The average molecular weight is 392 g/mol. The molecule has 2 aromatic rings. The van der Waals surface area contributed by atoms with E-state index in [0.29, 0.717) is 32.4 Å². The van der Waals surface area contributed by atoms with Gasteiger partial charge in [-0.15, -0.1) is 0 Å². The van der Waals surface area contributed by atoms with Crippen molar-refractivity contribution >= 4 is 51.9 Å². The lowest BCUT2D eigenvalue weighted by atomic mass is 10.1. The van der Waals surface area contributed by atoms with Gasteiger partial charge in [0.05, 0.1) is 12.0 Å². The maximum atomic E-state index is 11.9. The Morgan fingerprint density at radius 2 is 2.08 bits per heavy atom. The lowest BCUT2D eigenvalue weighted by Gasteiger charge is -2.14. The van der Waals surface area contributed by atoms with Crippen molar-refractivity contribution in [1.29, 1.82) is 0 Å². The highest BCUT2D eigenvalue weighted by molar-refractivity contribution is 8.26. The van der Waals surface area contributed by atoms with Crippen molar-refractivity contribution in [1.82, 2.24) is 5.32 Å². The molecule has 128 valence electrons. The van der Waals surface area contributed by atoms with Gasteiger partial charge in [-0.1, -0.05) is 59.8 Å². The van der Waals surface area contributed by atoms with Crippen molar-refractivity contribution in [3.05, 3.63) is 63.5 Å². The Labute approximate surface area is 160 Å². The number of para-hydroxylation sites is 1. The third kappa shape index (κ3) is 4.34. The number of halogens is 1. The maximum absolute atomic E-state index is 11.9. The molecule has 0 atom stereocenters. The smallest absolute Gasteiger partial charge is 0.263 e. The number of carbonyl (C=O) groups is 1. The van der Waals surface area contributed by atoms with Crippen molar-refractivity contribution in [2.75, 3.05) is 7.11 Å². The largest absolute Gasteiger partial charge is 0.493 e. The highest BCUT2D eigenvalue weighted by Crippen LogP contribution is 2.35. The van der Waals surface area contributed by atoms with Crippen LogP contribution >= 0.6 is 35.6 Å². The number of carbonyl (C=O) groups excluding carboxylic acids is 1. The van der Waals surface area contributed by atoms with E-state index in [-0.39, 0.29) is 5.91 Å². The molecular weight excluding hydrogens is 378 g/mol. The predicted molar refractivity (Wildman–Crippen MR) is 105 cm³/mol. The van der Waals surface area contributed by atoms with Gasteiger partial charge in [0, 0.05) is 10.6 Å². The average Bonchev–Trinajstić information content (AvgIpc) is 2.90. The molecule has 0 aliphatic carbocycles. The lowest BCUT2D eigenvalue weighted by molar-refractivity contribution is -0.115. The van der Waals surface area contributed by atoms with Gasteiger partial charge >= 0.3 is 0 Å². The minimum absolute atomic E-state index is 0.210. The molecule has 0 bridgehead atoms. The van der Waals surface area contributed by atoms with Gasteiger partial charge in [-0.2, -0.15) is 0 Å². The number of ether oxygens (including phenoxy) is 2. The molecule has 1 heterocycles. The summed E-state index contributed by atoms with van der Waals surface area (Å²) in [5.74, 6) is 0.935. The number of amides is 1. The first-order valence-corrected chi connectivity index (χ1v) is 8.96. The van der Waals surface area contributed by atoms with Gasteiger partial charge in [-0.05, 0) is 29.8 Å². The second kappa shape index (κ2) is 7.91. The summed E-state index contributed by atoms with van der Waals surface area (Å²) in [7, 11) is 1.57. The first-order chi connectivity index (χ1) is 12.1. The number of nitrogens with one attached hydrogen (secondary N) is 1. The van der Waals surface area contributed by atoms with Crippen LogP contribution in [0.5, 0.6) is 11.5 Å². The summed E-state index contributed by atoms with van der Waals surface area (Å²) in [4.78, 5) is 12.4. The standard InChI is InChI=1S/C18H14ClNO3S2/c1-22-14-7-3-5-12(9-15-17(21)20-18(24)25-15)16(14)23-10-11-4-2-6-13(19)8-11/h2-9H,10H2,1H3,(H,20,21,24). The number of methoxy groups -OCH3 is 1. The van der Waals surface area contributed by atoms with Gasteiger partial charge in [-0.3, -0.25) is 4.79 Å². The molecule has 25 heavy (non-hydrogen) atoms. The molecule has 3 rings (SSSR count). The van der Waals surface area contributed by atoms with Crippen LogP contribution in [0.15, 0.2) is 47.4 Å². The summed E-state index contributed by atoms with van der Waals surface area (Å²) in [5.41, 5.74) is 1.68. The number of hydrogen-bond donors (Lipinski definition) is 1. The topological polar surface area (TPSA) is 47.6 Å². The van der Waals surface area contributed by atoms with E-state index in [1.54, 1.807) is 13.2 Å². The highest BCUT2D eigenvalue weighted by atomic mass is 35.5. The van der Waals surface area contributed by atoms with Crippen molar-refractivity contribution in [2.45, 2.75) is 6.61 Å². The Morgan fingerprint density at radius 3 is 2.76 bits per heavy atom. The van der Waals surface area contributed by atoms with Gasteiger partial charge in [0.1, 0.15) is 10.9 Å². The molecule has 0 aromatic heterocycles. The van der Waals surface area contributed by atoms with Gasteiger partial charge in [0.15, 0.2) is 11.5 Å². The summed E-state index contributed by atoms with van der Waals surface area (Å²) >= 11 is 12.3. The molecule has 0 spiro atoms. The molecule has 1 aliphatic heterocycles. The molecule has 0 saturated carbocycles. The van der Waals surface area contributed by atoms with E-state index in [0.717, 1.165) is 11.1 Å². The first-order valence-electron chi connectivity index (χ1n) is 7.36. The predicted octanol–water partition coefficient (Wildman–Crippen LogP) is 4.42. The molecule has 4 nitrogen and oxygen atoms in total. The zero-order valence-electron chi connectivity index (χ0n) is 13.2. The van der Waals surface area contributed by atoms with Crippen molar-refractivity contribution in [2.24, 2.45) is 0 Å². The molecule has 7 heteroatoms. The van der Waals surface area contributed by atoms with E-state index in [2.05, 4.69) is 5.32 Å². The summed E-state index contributed by atoms with van der Waals surface area (Å²) in [6, 6.07) is 13.0. The summed E-state index contributed by atoms with van der Waals surface area (Å²) in [6.45, 7) is 0.328. The Morgan fingerprint density at radius 1 is 1.28 bits per heavy atom. The fourth-order valence-corrected chi connectivity index (χ4v) is 3.55. The van der Waals surface area contributed by atoms with Crippen LogP contribution in [0.2, 0.25) is 5.02 Å². The molecule has 1 fully saturated rings. The van der Waals surface area contributed by atoms with E-state index in [9.17, 15) is 4.79 Å². The van der Waals surface area contributed by atoms with E-state index in [1.165, 1.54) is 11.8 Å². The third-order valence-electron chi connectivity index (χ3n) is 3.43. The van der Waals surface area contributed by atoms with E-state index < -0.39 is 0 Å². The molecule has 0 unspecified atom stereocenters. The van der Waals surface area contributed by atoms with Gasteiger partial charge in [0.2, 0.25) is 0 Å². The lowest BCUT2D eigenvalue weighted by Crippen LogP contribution is -2.17. The molecule has 1 N–H and O–H groups in total. The Bertz CT molecular complexity index is 867. The van der Waals surface area contributed by atoms with Gasteiger partial charge < -0.3 is 14.8 Å². The molecular formula is C18H14ClNO3S2. The second-order valence-electron chi connectivity index (χ2n) is 5.15. The molecule has 1 saturated heterocycles. The van der Waals surface area contributed by atoms with Crippen LogP contribution < -0.4 is 14.8 Å². The monoisotopic (exact) mass is 391 g/mol. The van der Waals surface area contributed by atoms with Crippen LogP contribution in [-0.2, 0) is 11.4 Å². The number of rotatable bonds is 5. The molecule has 1 amide bonds. The van der Waals surface area contributed by atoms with Crippen molar-refractivity contribution in [3.63, 3.8) is 0 Å². The second-order valence-corrected chi connectivity index (χ2v) is 7.30. The number of thioether (sulfide) groups is 1. The van der Waals surface area contributed by atoms with E-state index in [1.807, 2.05) is 42.5 Å². The SMILES string of the molecule is COc1cccc(C=C2SC(=S)NC2=O)c1OCc1cccc(Cl)c1. The first kappa shape index (κ1) is 17.8. The minimum Gasteiger partial charge on any atom is -0.493 e. The Kier molecular flexibility index (Phi) is 5.63. The third-order valence-corrected chi connectivity index (χ3v) is 4.83. The van der Waals surface area contributed by atoms with Crippen LogP contribution in [0.3, 0.4) is 0 Å². The summed E-state index contributed by atoms with van der Waals surface area (Å²) < 4.78 is 11.8. The van der Waals surface area contributed by atoms with Crippen molar-refractivity contribution < 1.29 is 14.3 Å². The molecule has 0 radical (unpaired) electrons. The van der Waals surface area contributed by atoms with Crippen molar-refractivity contribution in [3.8, 4) is 11.5 Å². The highest BCUT2D eigenvalue weighted by Gasteiger charge is 2.23. The van der Waals surface area contributed by atoms with E-state index >= 15 is 0 Å². The quantitative estimate of drug-likeness (QED) is 0.604. The van der Waals surface area contributed by atoms with Crippen LogP contribution in [0.1, 0.15) is 11.1 Å². The fraction of sp³-hybridized carbons (Fsp3) is 0.111. The zero-order chi connectivity index (χ0) is 17.8. The molecule has 1 aliphatic rings. The molecule has 2 aromatic carbocycles. The Balaban J connectivity index is 1.90. The number of thiocarbonyl (C=S) groups is 1. The van der Waals surface area contributed by atoms with Crippen LogP contribution in [0.25, 0.3) is 6.08 Å². The fourth-order valence-electron chi connectivity index (χ4n) is 2.31. The van der Waals surface area contributed by atoms with Crippen LogP contribution in [-0.4, -0.2) is 17.3 Å². The van der Waals surface area contributed by atoms with Crippen LogP contribution in [0.4, 0.5) is 0 Å².